The number of anilines is 1. The lowest BCUT2D eigenvalue weighted by Crippen LogP contribution is -2.12. The molecule has 0 radical (unpaired) electrons. The number of nitro benzene ring substituents is 2. The number of nitrogens with zero attached hydrogens (tertiary/aromatic N) is 2. The van der Waals surface area contributed by atoms with Gasteiger partial charge in [0.05, 0.1) is 17.0 Å². The predicted molar refractivity (Wildman–Crippen MR) is 85.4 cm³/mol. The number of nitrogens with one attached hydrogen (secondary N) is 1. The number of hydrogen-bond donors (Lipinski definition) is 1. The van der Waals surface area contributed by atoms with E-state index < -0.39 is 15.8 Å². The van der Waals surface area contributed by atoms with Crippen LogP contribution >= 0.6 is 0 Å². The zero-order valence-corrected chi connectivity index (χ0v) is 12.8. The molecule has 9 heteroatoms. The van der Waals surface area contributed by atoms with Crippen LogP contribution in [0.25, 0.3) is 0 Å². The largest absolute Gasteiger partial charge is 0.490 e. The second-order valence-electron chi connectivity index (χ2n) is 4.86. The van der Waals surface area contributed by atoms with Crippen LogP contribution in [-0.4, -0.2) is 22.9 Å². The van der Waals surface area contributed by atoms with Crippen molar-refractivity contribution in [1.29, 1.82) is 0 Å². The van der Waals surface area contributed by atoms with Gasteiger partial charge in [0.2, 0.25) is 0 Å². The molecule has 9 nitrogen and oxygen atoms in total. The Kier molecular flexibility index (Phi) is 4.73. The van der Waals surface area contributed by atoms with Crippen molar-refractivity contribution in [2.24, 2.45) is 0 Å². The van der Waals surface area contributed by atoms with Crippen molar-refractivity contribution < 1.29 is 19.4 Å². The van der Waals surface area contributed by atoms with Crippen LogP contribution in [0, 0.1) is 27.2 Å². The van der Waals surface area contributed by atoms with E-state index in [0.717, 1.165) is 12.1 Å². The molecule has 0 unspecified atom stereocenters. The first-order chi connectivity index (χ1) is 11.3. The molecule has 0 saturated carbocycles. The van der Waals surface area contributed by atoms with E-state index >= 15 is 0 Å². The van der Waals surface area contributed by atoms with E-state index in [1.54, 1.807) is 6.92 Å². The molecule has 0 aliphatic carbocycles. The van der Waals surface area contributed by atoms with Gasteiger partial charge in [-0.2, -0.15) is 0 Å². The molecule has 24 heavy (non-hydrogen) atoms. The van der Waals surface area contributed by atoms with Crippen LogP contribution in [0.3, 0.4) is 0 Å². The predicted octanol–water partition coefficient (Wildman–Crippen LogP) is 3.07. The summed E-state index contributed by atoms with van der Waals surface area (Å²) in [7, 11) is 1.30. The average molecular weight is 331 g/mol. The second kappa shape index (κ2) is 6.73. The molecule has 2 aromatic rings. The van der Waals surface area contributed by atoms with Gasteiger partial charge in [0.25, 0.3) is 11.6 Å². The molecular formula is C15H13N3O6. The molecule has 0 spiro atoms. The molecule has 0 aliphatic heterocycles. The minimum absolute atomic E-state index is 0.0592. The number of nitro groups is 2. The smallest absolute Gasteiger partial charge is 0.312 e. The van der Waals surface area contributed by atoms with Gasteiger partial charge in [0.15, 0.2) is 5.75 Å². The number of hydrogen-bond acceptors (Lipinski definition) is 6. The number of rotatable bonds is 5. The maximum Gasteiger partial charge on any atom is 0.312 e. The fraction of sp³-hybridized carbons (Fsp3) is 0.133. The van der Waals surface area contributed by atoms with Crippen molar-refractivity contribution in [3.63, 3.8) is 0 Å². The Morgan fingerprint density at radius 3 is 2.29 bits per heavy atom. The van der Waals surface area contributed by atoms with Crippen LogP contribution in [0.1, 0.15) is 15.9 Å². The number of aryl methyl sites for hydroxylation is 1. The van der Waals surface area contributed by atoms with Crippen molar-refractivity contribution in [2.75, 3.05) is 12.4 Å². The van der Waals surface area contributed by atoms with Crippen LogP contribution in [0.2, 0.25) is 0 Å². The molecule has 0 aliphatic rings. The third kappa shape index (κ3) is 3.46. The molecule has 124 valence electrons. The van der Waals surface area contributed by atoms with Gasteiger partial charge in [0, 0.05) is 28.9 Å². The first kappa shape index (κ1) is 16.9. The Labute approximate surface area is 136 Å². The molecule has 1 N–H and O–H groups in total. The Morgan fingerprint density at radius 1 is 1.04 bits per heavy atom. The third-order valence-corrected chi connectivity index (χ3v) is 3.30. The Bertz CT molecular complexity index is 834. The number of carbonyl (C=O) groups excluding carboxylic acids is 1. The summed E-state index contributed by atoms with van der Waals surface area (Å²) in [6, 6.07) is 8.00. The molecule has 0 atom stereocenters. The minimum atomic E-state index is -0.634. The van der Waals surface area contributed by atoms with E-state index in [0.29, 0.717) is 5.56 Å². The summed E-state index contributed by atoms with van der Waals surface area (Å²) in [6.07, 6.45) is 0. The lowest BCUT2D eigenvalue weighted by Gasteiger charge is -2.07. The highest BCUT2D eigenvalue weighted by molar-refractivity contribution is 6.05. The first-order valence-electron chi connectivity index (χ1n) is 6.72. The molecule has 1 amide bonds. The maximum atomic E-state index is 12.2. The fourth-order valence-corrected chi connectivity index (χ4v) is 2.06. The van der Waals surface area contributed by atoms with Gasteiger partial charge in [-0.25, -0.2) is 0 Å². The molecule has 2 rings (SSSR count). The summed E-state index contributed by atoms with van der Waals surface area (Å²) in [5, 5.41) is 24.4. The van der Waals surface area contributed by atoms with Gasteiger partial charge in [-0.15, -0.1) is 0 Å². The number of amides is 1. The lowest BCUT2D eigenvalue weighted by atomic mass is 10.1. The second-order valence-corrected chi connectivity index (χ2v) is 4.86. The summed E-state index contributed by atoms with van der Waals surface area (Å²) in [6.45, 7) is 1.56. The lowest BCUT2D eigenvalue weighted by molar-refractivity contribution is -0.385. The van der Waals surface area contributed by atoms with Crippen molar-refractivity contribution >= 4 is 23.0 Å². The standard InChI is InChI=1S/C15H13N3O6/c1-9-3-4-10(7-12(9)17(20)21)15(19)16-11-5-6-14(24-2)13(8-11)18(22)23/h3-8H,1-2H3,(H,16,19). The monoisotopic (exact) mass is 331 g/mol. The number of methoxy groups -OCH3 is 1. The van der Waals surface area contributed by atoms with Gasteiger partial charge >= 0.3 is 5.69 Å². The zero-order chi connectivity index (χ0) is 17.9. The topological polar surface area (TPSA) is 125 Å². The summed E-state index contributed by atoms with van der Waals surface area (Å²) in [5.41, 5.74) is 0.201. The normalized spacial score (nSPS) is 10.1. The van der Waals surface area contributed by atoms with Gasteiger partial charge in [-0.05, 0) is 25.1 Å². The third-order valence-electron chi connectivity index (χ3n) is 3.30. The SMILES string of the molecule is COc1ccc(NC(=O)c2ccc(C)c([N+](=O)[O-])c2)cc1[N+](=O)[O-]. The summed E-state index contributed by atoms with van der Waals surface area (Å²) in [4.78, 5) is 32.9. The van der Waals surface area contributed by atoms with Crippen LogP contribution < -0.4 is 10.1 Å². The molecule has 0 fully saturated rings. The van der Waals surface area contributed by atoms with E-state index in [9.17, 15) is 25.0 Å². The van der Waals surface area contributed by atoms with Gasteiger partial charge in [-0.1, -0.05) is 6.07 Å². The highest BCUT2D eigenvalue weighted by Crippen LogP contribution is 2.30. The summed E-state index contributed by atoms with van der Waals surface area (Å²) in [5.74, 6) is -0.554. The summed E-state index contributed by atoms with van der Waals surface area (Å²) < 4.78 is 4.88. The van der Waals surface area contributed by atoms with Crippen LogP contribution in [-0.2, 0) is 0 Å². The number of ether oxygens (including phenoxy) is 1. The van der Waals surface area contributed by atoms with E-state index in [2.05, 4.69) is 5.32 Å². The highest BCUT2D eigenvalue weighted by Gasteiger charge is 2.18. The Hall–Kier alpha value is -3.49. The molecule has 0 aromatic heterocycles. The van der Waals surface area contributed by atoms with Gasteiger partial charge in [0.1, 0.15) is 0 Å². The van der Waals surface area contributed by atoms with Gasteiger partial charge < -0.3 is 10.1 Å². The Balaban J connectivity index is 2.30. The van der Waals surface area contributed by atoms with E-state index in [-0.39, 0.29) is 28.4 Å². The van der Waals surface area contributed by atoms with Crippen molar-refractivity contribution in [3.05, 3.63) is 67.8 Å². The van der Waals surface area contributed by atoms with E-state index in [1.807, 2.05) is 0 Å². The molecular weight excluding hydrogens is 318 g/mol. The van der Waals surface area contributed by atoms with E-state index in [4.69, 9.17) is 4.74 Å². The van der Waals surface area contributed by atoms with Gasteiger partial charge in [-0.3, -0.25) is 25.0 Å². The number of benzene rings is 2. The molecule has 0 heterocycles. The molecule has 0 saturated heterocycles. The maximum absolute atomic E-state index is 12.2. The minimum Gasteiger partial charge on any atom is -0.490 e. The van der Waals surface area contributed by atoms with Crippen LogP contribution in [0.5, 0.6) is 5.75 Å². The molecule has 0 bridgehead atoms. The quantitative estimate of drug-likeness (QED) is 0.663. The average Bonchev–Trinajstić information content (AvgIpc) is 2.54. The van der Waals surface area contributed by atoms with Crippen molar-refractivity contribution in [2.45, 2.75) is 6.92 Å². The molecule has 2 aromatic carbocycles. The number of carbonyl (C=O) groups is 1. The summed E-state index contributed by atoms with van der Waals surface area (Å²) >= 11 is 0. The van der Waals surface area contributed by atoms with Crippen molar-refractivity contribution in [3.8, 4) is 5.75 Å². The zero-order valence-electron chi connectivity index (χ0n) is 12.8. The first-order valence-corrected chi connectivity index (χ1v) is 6.72. The van der Waals surface area contributed by atoms with Crippen LogP contribution in [0.4, 0.5) is 17.1 Å². The highest BCUT2D eigenvalue weighted by atomic mass is 16.6. The Morgan fingerprint density at radius 2 is 1.71 bits per heavy atom. The van der Waals surface area contributed by atoms with E-state index in [1.165, 1.54) is 31.4 Å². The van der Waals surface area contributed by atoms with Crippen LogP contribution in [0.15, 0.2) is 36.4 Å². The van der Waals surface area contributed by atoms with Crippen molar-refractivity contribution in [1.82, 2.24) is 0 Å². The fourth-order valence-electron chi connectivity index (χ4n) is 2.06.